The summed E-state index contributed by atoms with van der Waals surface area (Å²) in [7, 11) is 0. The molecule has 0 heterocycles. The molecule has 3 aromatic rings. The van der Waals surface area contributed by atoms with Gasteiger partial charge in [-0.25, -0.2) is 4.39 Å². The molecule has 0 spiro atoms. The van der Waals surface area contributed by atoms with E-state index in [1.165, 1.54) is 24.3 Å². The van der Waals surface area contributed by atoms with Crippen LogP contribution in [0.15, 0.2) is 60.2 Å². The summed E-state index contributed by atoms with van der Waals surface area (Å²) in [4.78, 5) is 12.8. The molecule has 32 heavy (non-hydrogen) atoms. The number of amides is 1. The summed E-state index contributed by atoms with van der Waals surface area (Å²) in [5, 5.41) is 12.8. The summed E-state index contributed by atoms with van der Waals surface area (Å²) < 4.78 is 19.7. The molecule has 0 radical (unpaired) electrons. The first-order valence-electron chi connectivity index (χ1n) is 9.64. The van der Waals surface area contributed by atoms with Crippen molar-refractivity contribution in [1.29, 1.82) is 5.26 Å². The molecule has 0 aromatic heterocycles. The summed E-state index contributed by atoms with van der Waals surface area (Å²) in [6, 6.07) is 16.6. The monoisotopic (exact) mass is 468 g/mol. The number of anilines is 1. The second-order valence-corrected chi connectivity index (χ2v) is 7.90. The van der Waals surface area contributed by atoms with Crippen molar-refractivity contribution in [3.8, 4) is 11.8 Å². The summed E-state index contributed by atoms with van der Waals surface area (Å²) in [5.74, 6) is -0.816. The lowest BCUT2D eigenvalue weighted by molar-refractivity contribution is -0.112. The highest BCUT2D eigenvalue weighted by molar-refractivity contribution is 6.36. The van der Waals surface area contributed by atoms with E-state index in [-0.39, 0.29) is 23.0 Å². The summed E-state index contributed by atoms with van der Waals surface area (Å²) >= 11 is 12.4. The smallest absolute Gasteiger partial charge is 0.266 e. The van der Waals surface area contributed by atoms with Gasteiger partial charge in [-0.05, 0) is 55.3 Å². The molecular weight excluding hydrogens is 450 g/mol. The molecule has 7 heteroatoms. The van der Waals surface area contributed by atoms with E-state index in [9.17, 15) is 14.4 Å². The average molecular weight is 469 g/mol. The third kappa shape index (κ3) is 5.47. The zero-order valence-electron chi connectivity index (χ0n) is 17.4. The zero-order valence-corrected chi connectivity index (χ0v) is 18.9. The number of carbonyl (C=O) groups is 1. The number of ether oxygens (including phenoxy) is 1. The van der Waals surface area contributed by atoms with Crippen molar-refractivity contribution < 1.29 is 13.9 Å². The molecule has 0 saturated carbocycles. The van der Waals surface area contributed by atoms with Crippen molar-refractivity contribution in [2.45, 2.75) is 20.5 Å². The van der Waals surface area contributed by atoms with Crippen molar-refractivity contribution in [3.63, 3.8) is 0 Å². The van der Waals surface area contributed by atoms with Crippen LogP contribution in [0.2, 0.25) is 10.0 Å². The van der Waals surface area contributed by atoms with Crippen molar-refractivity contribution in [1.82, 2.24) is 0 Å². The fourth-order valence-corrected chi connectivity index (χ4v) is 3.55. The van der Waals surface area contributed by atoms with Gasteiger partial charge in [0.1, 0.15) is 29.8 Å². The Morgan fingerprint density at radius 3 is 2.62 bits per heavy atom. The van der Waals surface area contributed by atoms with Gasteiger partial charge in [-0.1, -0.05) is 53.5 Å². The number of benzene rings is 3. The predicted octanol–water partition coefficient (Wildman–Crippen LogP) is 6.87. The zero-order chi connectivity index (χ0) is 23.3. The van der Waals surface area contributed by atoms with E-state index >= 15 is 0 Å². The molecule has 0 unspecified atom stereocenters. The van der Waals surface area contributed by atoms with Crippen LogP contribution in [-0.2, 0) is 11.4 Å². The molecule has 1 amide bonds. The number of carbonyl (C=O) groups excluding carboxylic acids is 1. The van der Waals surface area contributed by atoms with Crippen LogP contribution in [0, 0.1) is 31.0 Å². The summed E-state index contributed by atoms with van der Waals surface area (Å²) in [5.41, 5.74) is 3.01. The van der Waals surface area contributed by atoms with Gasteiger partial charge in [0.25, 0.3) is 5.91 Å². The Bertz CT molecular complexity index is 1250. The Morgan fingerprint density at radius 2 is 1.91 bits per heavy atom. The minimum Gasteiger partial charge on any atom is -0.487 e. The molecule has 0 bridgehead atoms. The van der Waals surface area contributed by atoms with E-state index in [0.29, 0.717) is 21.8 Å². The van der Waals surface area contributed by atoms with Crippen molar-refractivity contribution >= 4 is 40.9 Å². The van der Waals surface area contributed by atoms with Gasteiger partial charge in [-0.2, -0.15) is 5.26 Å². The number of aryl methyl sites for hydroxylation is 1. The third-order valence-corrected chi connectivity index (χ3v) is 5.38. The van der Waals surface area contributed by atoms with Gasteiger partial charge in [-0.3, -0.25) is 4.79 Å². The first kappa shape index (κ1) is 23.3. The second-order valence-electron chi connectivity index (χ2n) is 7.06. The molecule has 0 aliphatic heterocycles. The first-order chi connectivity index (χ1) is 15.3. The third-order valence-electron chi connectivity index (χ3n) is 4.88. The van der Waals surface area contributed by atoms with Crippen LogP contribution in [0.1, 0.15) is 22.3 Å². The normalized spacial score (nSPS) is 11.1. The molecule has 3 aromatic carbocycles. The maximum Gasteiger partial charge on any atom is 0.266 e. The maximum absolute atomic E-state index is 14.0. The van der Waals surface area contributed by atoms with E-state index in [0.717, 1.165) is 11.1 Å². The van der Waals surface area contributed by atoms with Gasteiger partial charge in [0, 0.05) is 21.8 Å². The fraction of sp³-hybridized carbons (Fsp3) is 0.120. The highest BCUT2D eigenvalue weighted by Gasteiger charge is 2.16. The van der Waals surface area contributed by atoms with E-state index in [4.69, 9.17) is 27.9 Å². The van der Waals surface area contributed by atoms with E-state index in [1.54, 1.807) is 24.3 Å². The topological polar surface area (TPSA) is 62.1 Å². The van der Waals surface area contributed by atoms with Crippen LogP contribution in [0.3, 0.4) is 0 Å². The quantitative estimate of drug-likeness (QED) is 0.316. The second kappa shape index (κ2) is 10.3. The van der Waals surface area contributed by atoms with Crippen molar-refractivity contribution in [2.75, 3.05) is 5.32 Å². The summed E-state index contributed by atoms with van der Waals surface area (Å²) in [6.07, 6.45) is 1.34. The SMILES string of the molecule is Cc1cccc(NC(=O)/C(C#N)=C/c2cc(Cl)cc(Cl)c2OCc2ccccc2F)c1C. The molecule has 1 N–H and O–H groups in total. The Balaban J connectivity index is 1.92. The van der Waals surface area contributed by atoms with Crippen molar-refractivity contribution in [3.05, 3.63) is 98.3 Å². The highest BCUT2D eigenvalue weighted by atomic mass is 35.5. The number of nitrogens with one attached hydrogen (secondary N) is 1. The number of hydrogen-bond donors (Lipinski definition) is 1. The van der Waals surface area contributed by atoms with Gasteiger partial charge in [0.2, 0.25) is 0 Å². The lowest BCUT2D eigenvalue weighted by Crippen LogP contribution is -2.14. The average Bonchev–Trinajstić information content (AvgIpc) is 2.75. The van der Waals surface area contributed by atoms with Crippen LogP contribution in [0.5, 0.6) is 5.75 Å². The van der Waals surface area contributed by atoms with E-state index in [2.05, 4.69) is 5.32 Å². The van der Waals surface area contributed by atoms with Crippen LogP contribution in [0.25, 0.3) is 6.08 Å². The Labute approximate surface area is 195 Å². The van der Waals surface area contributed by atoms with Crippen LogP contribution in [-0.4, -0.2) is 5.91 Å². The largest absolute Gasteiger partial charge is 0.487 e. The van der Waals surface area contributed by atoms with Crippen LogP contribution < -0.4 is 10.1 Å². The predicted molar refractivity (Wildman–Crippen MR) is 125 cm³/mol. The van der Waals surface area contributed by atoms with Crippen LogP contribution in [0.4, 0.5) is 10.1 Å². The molecule has 0 atom stereocenters. The molecule has 4 nitrogen and oxygen atoms in total. The number of hydrogen-bond acceptors (Lipinski definition) is 3. The lowest BCUT2D eigenvalue weighted by Gasteiger charge is -2.13. The molecule has 0 fully saturated rings. The fourth-order valence-electron chi connectivity index (χ4n) is 2.99. The summed E-state index contributed by atoms with van der Waals surface area (Å²) in [6.45, 7) is 3.72. The molecule has 0 aliphatic rings. The number of nitriles is 1. The van der Waals surface area contributed by atoms with E-state index in [1.807, 2.05) is 32.0 Å². The number of nitrogens with zero attached hydrogens (tertiary/aromatic N) is 1. The minimum absolute atomic E-state index is 0.0918. The molecule has 0 aliphatic carbocycles. The van der Waals surface area contributed by atoms with E-state index < -0.39 is 11.7 Å². The van der Waals surface area contributed by atoms with Gasteiger partial charge in [0.15, 0.2) is 0 Å². The van der Waals surface area contributed by atoms with Gasteiger partial charge in [0.05, 0.1) is 5.02 Å². The van der Waals surface area contributed by atoms with Gasteiger partial charge in [-0.15, -0.1) is 0 Å². The molecule has 162 valence electrons. The Morgan fingerprint density at radius 1 is 1.16 bits per heavy atom. The molecule has 0 saturated heterocycles. The highest BCUT2D eigenvalue weighted by Crippen LogP contribution is 2.35. The standard InChI is InChI=1S/C25H19Cl2FN2O2/c1-15-6-5-9-23(16(15)2)30-25(31)19(13-29)10-18-11-20(26)12-21(27)24(18)32-14-17-7-3-4-8-22(17)28/h3-12H,14H2,1-2H3,(H,30,31)/b19-10+. The lowest BCUT2D eigenvalue weighted by atomic mass is 10.1. The Hall–Kier alpha value is -3.33. The van der Waals surface area contributed by atoms with Gasteiger partial charge < -0.3 is 10.1 Å². The Kier molecular flexibility index (Phi) is 7.53. The van der Waals surface area contributed by atoms with Crippen LogP contribution >= 0.6 is 23.2 Å². The first-order valence-corrected chi connectivity index (χ1v) is 10.4. The number of rotatable bonds is 6. The molecule has 3 rings (SSSR count). The van der Waals surface area contributed by atoms with Gasteiger partial charge >= 0.3 is 0 Å². The molecular formula is C25H19Cl2FN2O2. The number of halogens is 3. The minimum atomic E-state index is -0.586. The maximum atomic E-state index is 14.0. The van der Waals surface area contributed by atoms with Crippen molar-refractivity contribution in [2.24, 2.45) is 0 Å².